The molecule has 0 atom stereocenters. The summed E-state index contributed by atoms with van der Waals surface area (Å²) in [5, 5.41) is 190. The Morgan fingerprint density at radius 2 is 0.653 bits per heavy atom. The molecule has 0 saturated carbocycles. The largest absolute Gasteiger partial charge is 0.508 e. The van der Waals surface area contributed by atoms with Crippen LogP contribution in [0.2, 0.25) is 0 Å². The van der Waals surface area contributed by atoms with Gasteiger partial charge >= 0.3 is 0 Å². The van der Waals surface area contributed by atoms with Crippen molar-refractivity contribution in [2.75, 3.05) is 0 Å². The van der Waals surface area contributed by atoms with Crippen LogP contribution in [0.15, 0.2) is 46.9 Å². The average molecular weight is 954 g/mol. The highest BCUT2D eigenvalue weighted by Gasteiger charge is 2.37. The Hall–Kier alpha value is -9.45. The third kappa shape index (κ3) is 5.67. The topological polar surface area (TPSA) is 357 Å². The zero-order valence-corrected chi connectivity index (χ0v) is 36.0. The highest BCUT2D eigenvalue weighted by molar-refractivity contribution is 6.58. The van der Waals surface area contributed by atoms with E-state index in [1.165, 1.54) is 18.2 Å². The van der Waals surface area contributed by atoms with Crippen molar-refractivity contribution in [3.05, 3.63) is 42.5 Å². The molecular formula is C48H24B6O18. The quantitative estimate of drug-likeness (QED) is 0.0514. The summed E-state index contributed by atoms with van der Waals surface area (Å²) in [6.45, 7) is 0. The number of phenolic OH excluding ortho intramolecular Hbond substituents is 17. The first kappa shape index (κ1) is 46.3. The fourth-order valence-corrected chi connectivity index (χ4v) is 9.54. The smallest absolute Gasteiger partial charge is 0.204 e. The highest BCUT2D eigenvalue weighted by Crippen LogP contribution is 2.63. The first-order valence-electron chi connectivity index (χ1n) is 20.5. The molecule has 1 aromatic heterocycles. The summed E-state index contributed by atoms with van der Waals surface area (Å²) in [5.41, 5.74) is -10.9. The minimum absolute atomic E-state index is 0.0262. The molecule has 0 aliphatic rings. The van der Waals surface area contributed by atoms with Crippen molar-refractivity contribution in [2.45, 2.75) is 0 Å². The standard InChI is InChI=1S/C48H24B6O18/c49-26-15(20(34(57)43(66)31(26)54)24-32(55)25-21(29(52)33(24)56)30(53)42(65)44(67)41(25)64)23-28(51)27(50)22(39(62)40(23)63)14-18-16(35(58)45(68)47(70)37(18)60)13(17-19(14)38(61)48(71)46(69)36(17)59)8-5-6-12-10(7-8)9-3-1-2-4-11(9)72-12/h1-7,55-71H. The molecular weight excluding hydrogens is 929 g/mol. The van der Waals surface area contributed by atoms with Crippen LogP contribution in [0.5, 0.6) is 97.7 Å². The van der Waals surface area contributed by atoms with Crippen LogP contribution in [-0.4, -0.2) is 134 Å². The van der Waals surface area contributed by atoms with Crippen molar-refractivity contribution in [3.63, 3.8) is 0 Å². The monoisotopic (exact) mass is 954 g/mol. The van der Waals surface area contributed by atoms with E-state index in [1.807, 2.05) is 0 Å². The Bertz CT molecular complexity index is 4100. The normalized spacial score (nSPS) is 11.8. The highest BCUT2D eigenvalue weighted by atomic mass is 16.4. The predicted molar refractivity (Wildman–Crippen MR) is 269 cm³/mol. The number of fused-ring (bicyclic) bond motifs is 6. The number of hydrogen-bond acceptors (Lipinski definition) is 18. The zero-order valence-electron chi connectivity index (χ0n) is 36.0. The molecule has 10 rings (SSSR count). The van der Waals surface area contributed by atoms with Crippen molar-refractivity contribution in [2.24, 2.45) is 0 Å². The molecule has 0 bridgehead atoms. The second-order valence-electron chi connectivity index (χ2n) is 16.6. The summed E-state index contributed by atoms with van der Waals surface area (Å²) in [4.78, 5) is 0. The van der Waals surface area contributed by atoms with Crippen molar-refractivity contribution >= 4 is 134 Å². The van der Waals surface area contributed by atoms with E-state index in [4.69, 9.17) is 51.5 Å². The van der Waals surface area contributed by atoms with Crippen LogP contribution in [0.25, 0.3) is 98.8 Å². The van der Waals surface area contributed by atoms with E-state index < -0.39 is 202 Å². The zero-order chi connectivity index (χ0) is 52.3. The van der Waals surface area contributed by atoms with Gasteiger partial charge in [-0.1, -0.05) is 46.1 Å². The van der Waals surface area contributed by atoms with Crippen molar-refractivity contribution in [1.29, 1.82) is 0 Å². The Balaban J connectivity index is 1.39. The molecule has 0 unspecified atom stereocenters. The maximum Gasteiger partial charge on any atom is 0.204 e. The van der Waals surface area contributed by atoms with E-state index >= 15 is 0 Å². The Labute approximate surface area is 408 Å². The van der Waals surface area contributed by atoms with Crippen LogP contribution in [0.4, 0.5) is 0 Å². The minimum Gasteiger partial charge on any atom is -0.508 e. The average Bonchev–Trinajstić information content (AvgIpc) is 3.74. The minimum atomic E-state index is -1.47. The molecule has 0 spiro atoms. The Morgan fingerprint density at radius 3 is 1.19 bits per heavy atom. The van der Waals surface area contributed by atoms with Gasteiger partial charge in [0.05, 0.1) is 10.9 Å². The van der Waals surface area contributed by atoms with E-state index in [0.29, 0.717) is 21.9 Å². The van der Waals surface area contributed by atoms with Crippen LogP contribution in [0, 0.1) is 0 Å². The summed E-state index contributed by atoms with van der Waals surface area (Å²) in [6, 6.07) is 11.0. The summed E-state index contributed by atoms with van der Waals surface area (Å²) in [6.07, 6.45) is 0. The van der Waals surface area contributed by atoms with Gasteiger partial charge in [-0.3, -0.25) is 0 Å². The van der Waals surface area contributed by atoms with Gasteiger partial charge in [-0.25, -0.2) is 0 Å². The summed E-state index contributed by atoms with van der Waals surface area (Å²) < 4.78 is 5.95. The third-order valence-electron chi connectivity index (χ3n) is 13.0. The van der Waals surface area contributed by atoms with Gasteiger partial charge in [-0.15, -0.1) is 0 Å². The van der Waals surface area contributed by atoms with Gasteiger partial charge in [-0.05, 0) is 45.6 Å². The number of furan rings is 1. The SMILES string of the molecule is [B]c1c([B])c(-c2c([B])c([B])c(-c3c4c(O)c(O)c(O)c(O)c4c(-c4ccc5oc6ccccc6c5c4)c4c(O)c(O)c(O)c(O)c34)c(O)c2O)c(-c2c(O)c([B])c3c([B])c(O)c(O)c(O)c3c2O)c(O)c1O. The summed E-state index contributed by atoms with van der Waals surface area (Å²) >= 11 is 0. The van der Waals surface area contributed by atoms with Crippen molar-refractivity contribution in [1.82, 2.24) is 0 Å². The lowest BCUT2D eigenvalue weighted by molar-refractivity contribution is 0.350. The molecule has 0 fully saturated rings. The molecule has 342 valence electrons. The molecule has 0 aliphatic heterocycles. The fraction of sp³-hybridized carbons (Fsp3) is 0. The molecule has 0 saturated heterocycles. The maximum absolute atomic E-state index is 12.3. The number of para-hydroxylation sites is 1. The Kier molecular flexibility index (Phi) is 9.82. The van der Waals surface area contributed by atoms with Gasteiger partial charge in [0.25, 0.3) is 0 Å². The van der Waals surface area contributed by atoms with Gasteiger partial charge in [0.1, 0.15) is 75.5 Å². The van der Waals surface area contributed by atoms with E-state index in [0.717, 1.165) is 0 Å². The first-order valence-corrected chi connectivity index (χ1v) is 20.5. The molecule has 0 amide bonds. The third-order valence-corrected chi connectivity index (χ3v) is 13.0. The maximum atomic E-state index is 12.3. The molecule has 9 aromatic carbocycles. The second-order valence-corrected chi connectivity index (χ2v) is 16.6. The lowest BCUT2D eigenvalue weighted by atomic mass is 9.66. The van der Waals surface area contributed by atoms with Crippen LogP contribution in [-0.2, 0) is 0 Å². The van der Waals surface area contributed by atoms with Gasteiger partial charge < -0.3 is 91.2 Å². The van der Waals surface area contributed by atoms with E-state index in [2.05, 4.69) is 0 Å². The number of phenols is 17. The lowest BCUT2D eigenvalue weighted by Crippen LogP contribution is -2.34. The second kappa shape index (κ2) is 15.3. The molecule has 72 heavy (non-hydrogen) atoms. The molecule has 24 heteroatoms. The number of benzene rings is 9. The van der Waals surface area contributed by atoms with Crippen LogP contribution in [0.3, 0.4) is 0 Å². The van der Waals surface area contributed by atoms with Crippen LogP contribution >= 0.6 is 0 Å². The fourth-order valence-electron chi connectivity index (χ4n) is 9.54. The predicted octanol–water partition coefficient (Wildman–Crippen LogP) is 1.47. The van der Waals surface area contributed by atoms with E-state index in [-0.39, 0.29) is 5.56 Å². The number of rotatable bonds is 4. The van der Waals surface area contributed by atoms with Gasteiger partial charge in [-0.2, -0.15) is 0 Å². The molecule has 1 heterocycles. The van der Waals surface area contributed by atoms with Crippen molar-refractivity contribution < 1.29 is 91.2 Å². The van der Waals surface area contributed by atoms with Crippen LogP contribution < -0.4 is 32.8 Å². The van der Waals surface area contributed by atoms with Gasteiger partial charge in [0, 0.05) is 60.1 Å². The summed E-state index contributed by atoms with van der Waals surface area (Å²) in [5.74, 6) is -22.6. The molecule has 18 nitrogen and oxygen atoms in total. The molecule has 17 N–H and O–H groups in total. The molecule has 0 aliphatic carbocycles. The number of aromatic hydroxyl groups is 17. The lowest BCUT2D eigenvalue weighted by Gasteiger charge is -2.28. The molecule has 12 radical (unpaired) electrons. The first-order chi connectivity index (χ1) is 33.9. The van der Waals surface area contributed by atoms with Gasteiger partial charge in [0.2, 0.25) is 23.0 Å². The Morgan fingerprint density at radius 1 is 0.250 bits per heavy atom. The van der Waals surface area contributed by atoms with Crippen molar-refractivity contribution in [3.8, 4) is 142 Å². The van der Waals surface area contributed by atoms with E-state index in [1.54, 1.807) is 24.3 Å². The van der Waals surface area contributed by atoms with Crippen LogP contribution in [0.1, 0.15) is 0 Å². The van der Waals surface area contributed by atoms with Gasteiger partial charge in [0.15, 0.2) is 57.5 Å². The summed E-state index contributed by atoms with van der Waals surface area (Å²) in [7, 11) is 38.0. The van der Waals surface area contributed by atoms with E-state index in [9.17, 15) is 86.8 Å². The number of hydrogen-bond donors (Lipinski definition) is 17. The molecule has 10 aromatic rings.